The summed E-state index contributed by atoms with van der Waals surface area (Å²) in [5, 5.41) is 3.30. The van der Waals surface area contributed by atoms with Crippen LogP contribution in [-0.2, 0) is 22.6 Å². The minimum atomic E-state index is -0.333. The Balaban J connectivity index is 1.34. The normalized spacial score (nSPS) is 22.5. The maximum Gasteiger partial charge on any atom is 0.249 e. The molecular formula is C26H33N5O2. The van der Waals surface area contributed by atoms with Gasteiger partial charge >= 0.3 is 0 Å². The van der Waals surface area contributed by atoms with E-state index in [1.54, 1.807) is 0 Å². The first kappa shape index (κ1) is 22.0. The van der Waals surface area contributed by atoms with Crippen LogP contribution >= 0.6 is 0 Å². The van der Waals surface area contributed by atoms with E-state index in [1.165, 1.54) is 5.52 Å². The lowest BCUT2D eigenvalue weighted by molar-refractivity contribution is -0.131. The summed E-state index contributed by atoms with van der Waals surface area (Å²) < 4.78 is 7.95. The second-order valence-electron chi connectivity index (χ2n) is 9.14. The van der Waals surface area contributed by atoms with Gasteiger partial charge in [0.05, 0.1) is 29.3 Å². The molecule has 3 atom stereocenters. The molecule has 2 fully saturated rings. The molecule has 1 amide bonds. The van der Waals surface area contributed by atoms with Crippen molar-refractivity contribution in [3.8, 4) is 0 Å². The average Bonchev–Trinajstić information content (AvgIpc) is 3.51. The SMILES string of the molecule is CCn1c(CN2CCCC(C(NC(=O)C3CCCO3)c3ccccn3)C2)nc2ccccc21. The first-order chi connectivity index (χ1) is 16.2. The number of nitrogens with zero attached hydrogens (tertiary/aromatic N) is 4. The highest BCUT2D eigenvalue weighted by atomic mass is 16.5. The molecule has 33 heavy (non-hydrogen) atoms. The minimum absolute atomic E-state index is 0.00643. The Morgan fingerprint density at radius 2 is 2.06 bits per heavy atom. The third kappa shape index (κ3) is 4.80. The molecule has 0 bridgehead atoms. The summed E-state index contributed by atoms with van der Waals surface area (Å²) in [6.07, 6.45) is 5.38. The van der Waals surface area contributed by atoms with Gasteiger partial charge in [0.25, 0.3) is 0 Å². The molecule has 2 aliphatic heterocycles. The first-order valence-electron chi connectivity index (χ1n) is 12.2. The Kier molecular flexibility index (Phi) is 6.69. The van der Waals surface area contributed by atoms with Crippen molar-refractivity contribution in [1.29, 1.82) is 0 Å². The van der Waals surface area contributed by atoms with Crippen molar-refractivity contribution in [2.45, 2.75) is 57.8 Å². The van der Waals surface area contributed by atoms with Gasteiger partial charge in [0.1, 0.15) is 11.9 Å². The van der Waals surface area contributed by atoms with Gasteiger partial charge in [0, 0.05) is 25.9 Å². The zero-order valence-corrected chi connectivity index (χ0v) is 19.3. The number of ether oxygens (including phenoxy) is 1. The first-order valence-corrected chi connectivity index (χ1v) is 12.2. The summed E-state index contributed by atoms with van der Waals surface area (Å²) in [4.78, 5) is 25.0. The predicted molar refractivity (Wildman–Crippen MR) is 128 cm³/mol. The number of amides is 1. The van der Waals surface area contributed by atoms with E-state index in [9.17, 15) is 4.79 Å². The van der Waals surface area contributed by atoms with E-state index < -0.39 is 0 Å². The molecule has 7 nitrogen and oxygen atoms in total. The molecule has 1 aromatic carbocycles. The number of carbonyl (C=O) groups excluding carboxylic acids is 1. The summed E-state index contributed by atoms with van der Waals surface area (Å²) in [5.74, 6) is 1.39. The summed E-state index contributed by atoms with van der Waals surface area (Å²) >= 11 is 0. The smallest absolute Gasteiger partial charge is 0.249 e. The molecule has 0 saturated carbocycles. The highest BCUT2D eigenvalue weighted by molar-refractivity contribution is 5.81. The van der Waals surface area contributed by atoms with E-state index in [-0.39, 0.29) is 18.1 Å². The molecular weight excluding hydrogens is 414 g/mol. The Morgan fingerprint density at radius 3 is 2.85 bits per heavy atom. The monoisotopic (exact) mass is 447 g/mol. The van der Waals surface area contributed by atoms with Crippen molar-refractivity contribution in [3.05, 3.63) is 60.2 Å². The summed E-state index contributed by atoms with van der Waals surface area (Å²) in [6.45, 7) is 6.50. The minimum Gasteiger partial charge on any atom is -0.368 e. The number of aromatic nitrogens is 3. The van der Waals surface area contributed by atoms with E-state index in [0.29, 0.717) is 12.5 Å². The lowest BCUT2D eigenvalue weighted by Gasteiger charge is -2.37. The van der Waals surface area contributed by atoms with Crippen molar-refractivity contribution in [1.82, 2.24) is 24.8 Å². The number of piperidine rings is 1. The van der Waals surface area contributed by atoms with E-state index >= 15 is 0 Å². The molecule has 7 heteroatoms. The van der Waals surface area contributed by atoms with Crippen molar-refractivity contribution < 1.29 is 9.53 Å². The quantitative estimate of drug-likeness (QED) is 0.598. The Bertz CT molecular complexity index is 1080. The van der Waals surface area contributed by atoms with Gasteiger partial charge in [-0.05, 0) is 69.3 Å². The largest absolute Gasteiger partial charge is 0.368 e. The number of imidazole rings is 1. The van der Waals surface area contributed by atoms with E-state index in [0.717, 1.165) is 68.9 Å². The fourth-order valence-electron chi connectivity index (χ4n) is 5.33. The van der Waals surface area contributed by atoms with E-state index in [1.807, 2.05) is 30.5 Å². The molecule has 3 aromatic rings. The predicted octanol–water partition coefficient (Wildman–Crippen LogP) is 3.70. The molecule has 0 aliphatic carbocycles. The molecule has 2 aromatic heterocycles. The summed E-state index contributed by atoms with van der Waals surface area (Å²) in [5.41, 5.74) is 3.17. The molecule has 2 saturated heterocycles. The van der Waals surface area contributed by atoms with Gasteiger partial charge in [-0.2, -0.15) is 0 Å². The van der Waals surface area contributed by atoms with Gasteiger partial charge in [-0.3, -0.25) is 14.7 Å². The Hall–Kier alpha value is -2.77. The molecule has 2 aliphatic rings. The maximum atomic E-state index is 12.9. The molecule has 3 unspecified atom stereocenters. The molecule has 0 radical (unpaired) electrons. The van der Waals surface area contributed by atoms with E-state index in [2.05, 4.69) is 44.9 Å². The zero-order valence-electron chi connectivity index (χ0n) is 19.3. The van der Waals surface area contributed by atoms with Crippen molar-refractivity contribution in [2.75, 3.05) is 19.7 Å². The number of likely N-dealkylation sites (tertiary alicyclic amines) is 1. The average molecular weight is 448 g/mol. The molecule has 1 N–H and O–H groups in total. The zero-order chi connectivity index (χ0) is 22.6. The highest BCUT2D eigenvalue weighted by Crippen LogP contribution is 2.30. The van der Waals surface area contributed by atoms with Crippen molar-refractivity contribution >= 4 is 16.9 Å². The van der Waals surface area contributed by atoms with Crippen LogP contribution in [0.1, 0.15) is 50.2 Å². The number of rotatable bonds is 7. The van der Waals surface area contributed by atoms with Crippen LogP contribution in [0.4, 0.5) is 0 Å². The van der Waals surface area contributed by atoms with Gasteiger partial charge in [-0.1, -0.05) is 18.2 Å². The van der Waals surface area contributed by atoms with Gasteiger partial charge in [0.15, 0.2) is 0 Å². The van der Waals surface area contributed by atoms with Crippen LogP contribution in [-0.4, -0.2) is 51.1 Å². The van der Waals surface area contributed by atoms with Crippen molar-refractivity contribution in [2.24, 2.45) is 5.92 Å². The third-order valence-corrected chi connectivity index (χ3v) is 6.95. The number of hydrogen-bond donors (Lipinski definition) is 1. The number of para-hydroxylation sites is 2. The van der Waals surface area contributed by atoms with Crippen LogP contribution in [0.15, 0.2) is 48.7 Å². The van der Waals surface area contributed by atoms with Gasteiger partial charge in [-0.25, -0.2) is 4.98 Å². The second-order valence-corrected chi connectivity index (χ2v) is 9.14. The third-order valence-electron chi connectivity index (χ3n) is 6.95. The molecule has 0 spiro atoms. The Labute approximate surface area is 195 Å². The van der Waals surface area contributed by atoms with Gasteiger partial charge in [-0.15, -0.1) is 0 Å². The second kappa shape index (κ2) is 10.0. The number of hydrogen-bond acceptors (Lipinski definition) is 5. The number of fused-ring (bicyclic) bond motifs is 1. The topological polar surface area (TPSA) is 72.3 Å². The van der Waals surface area contributed by atoms with Crippen LogP contribution in [0.25, 0.3) is 11.0 Å². The van der Waals surface area contributed by atoms with Crippen LogP contribution in [0.2, 0.25) is 0 Å². The standard InChI is InChI=1S/C26H33N5O2/c1-2-31-22-12-4-3-10-20(22)28-24(31)18-30-15-7-9-19(17-30)25(21-11-5-6-14-27-21)29-26(32)23-13-8-16-33-23/h3-6,10-12,14,19,23,25H,2,7-9,13,15-18H2,1H3,(H,29,32). The Morgan fingerprint density at radius 1 is 1.18 bits per heavy atom. The number of pyridine rings is 1. The van der Waals surface area contributed by atoms with E-state index in [4.69, 9.17) is 9.72 Å². The number of nitrogens with one attached hydrogen (secondary N) is 1. The maximum absolute atomic E-state index is 12.9. The fourth-order valence-corrected chi connectivity index (χ4v) is 5.33. The highest BCUT2D eigenvalue weighted by Gasteiger charge is 2.33. The lowest BCUT2D eigenvalue weighted by Crippen LogP contribution is -2.45. The van der Waals surface area contributed by atoms with Crippen molar-refractivity contribution in [3.63, 3.8) is 0 Å². The van der Waals surface area contributed by atoms with Crippen LogP contribution in [0.5, 0.6) is 0 Å². The lowest BCUT2D eigenvalue weighted by atomic mass is 9.88. The van der Waals surface area contributed by atoms with Crippen LogP contribution in [0.3, 0.4) is 0 Å². The summed E-state index contributed by atoms with van der Waals surface area (Å²) in [6, 6.07) is 14.2. The summed E-state index contributed by atoms with van der Waals surface area (Å²) in [7, 11) is 0. The molecule has 174 valence electrons. The van der Waals surface area contributed by atoms with Gasteiger partial charge < -0.3 is 14.6 Å². The molecule has 5 rings (SSSR count). The number of benzene rings is 1. The molecule has 4 heterocycles. The number of aryl methyl sites for hydroxylation is 1. The van der Waals surface area contributed by atoms with Crippen LogP contribution < -0.4 is 5.32 Å². The van der Waals surface area contributed by atoms with Gasteiger partial charge in [0.2, 0.25) is 5.91 Å². The van der Waals surface area contributed by atoms with Crippen LogP contribution in [0, 0.1) is 5.92 Å². The fraction of sp³-hybridized carbons (Fsp3) is 0.500. The number of carbonyl (C=O) groups is 1.